The van der Waals surface area contributed by atoms with Crippen LogP contribution >= 0.6 is 11.3 Å². The molecule has 4 rings (SSSR count). The van der Waals surface area contributed by atoms with Gasteiger partial charge in [-0.3, -0.25) is 24.1 Å². The third-order valence-electron chi connectivity index (χ3n) is 5.49. The summed E-state index contributed by atoms with van der Waals surface area (Å²) in [6, 6.07) is 11.1. The summed E-state index contributed by atoms with van der Waals surface area (Å²) in [5, 5.41) is 1.81. The minimum atomic E-state index is -0.616. The second-order valence-corrected chi connectivity index (χ2v) is 8.14. The third-order valence-corrected chi connectivity index (χ3v) is 6.54. The van der Waals surface area contributed by atoms with E-state index >= 15 is 0 Å². The van der Waals surface area contributed by atoms with Gasteiger partial charge in [0.15, 0.2) is 5.78 Å². The number of thiophene rings is 1. The maximum atomic E-state index is 13.2. The molecule has 5 nitrogen and oxygen atoms in total. The molecule has 0 bridgehead atoms. The van der Waals surface area contributed by atoms with Crippen molar-refractivity contribution in [1.29, 1.82) is 0 Å². The first kappa shape index (κ1) is 17.8. The van der Waals surface area contributed by atoms with E-state index in [1.165, 1.54) is 23.2 Å². The Kier molecular flexibility index (Phi) is 4.52. The molecule has 0 radical (unpaired) electrons. The van der Waals surface area contributed by atoms with Gasteiger partial charge in [-0.1, -0.05) is 30.3 Å². The van der Waals surface area contributed by atoms with Gasteiger partial charge >= 0.3 is 0 Å². The van der Waals surface area contributed by atoms with E-state index in [-0.39, 0.29) is 42.8 Å². The molecule has 27 heavy (non-hydrogen) atoms. The zero-order valence-corrected chi connectivity index (χ0v) is 15.7. The van der Waals surface area contributed by atoms with Crippen LogP contribution in [0.2, 0.25) is 0 Å². The molecule has 1 aromatic heterocycles. The smallest absolute Gasteiger partial charge is 0.234 e. The summed E-state index contributed by atoms with van der Waals surface area (Å²) in [7, 11) is 0. The van der Waals surface area contributed by atoms with E-state index in [9.17, 15) is 19.2 Å². The van der Waals surface area contributed by atoms with E-state index < -0.39 is 17.8 Å². The van der Waals surface area contributed by atoms with Gasteiger partial charge in [-0.2, -0.15) is 0 Å². The summed E-state index contributed by atoms with van der Waals surface area (Å²) in [5.74, 6) is -2.18. The molecule has 2 heterocycles. The van der Waals surface area contributed by atoms with Crippen LogP contribution in [0, 0.1) is 11.8 Å². The van der Waals surface area contributed by atoms with Crippen molar-refractivity contribution in [3.63, 3.8) is 0 Å². The number of benzene rings is 1. The lowest BCUT2D eigenvalue weighted by atomic mass is 9.71. The van der Waals surface area contributed by atoms with E-state index in [2.05, 4.69) is 0 Å². The van der Waals surface area contributed by atoms with Crippen LogP contribution in [0.5, 0.6) is 0 Å². The van der Waals surface area contributed by atoms with Crippen LogP contribution in [0.4, 0.5) is 0 Å². The number of imide groups is 1. The Morgan fingerprint density at radius 1 is 1.04 bits per heavy atom. The van der Waals surface area contributed by atoms with Crippen molar-refractivity contribution in [2.45, 2.75) is 32.2 Å². The second-order valence-electron chi connectivity index (χ2n) is 7.19. The van der Waals surface area contributed by atoms with E-state index in [4.69, 9.17) is 0 Å². The third kappa shape index (κ3) is 3.04. The van der Waals surface area contributed by atoms with Crippen LogP contribution < -0.4 is 0 Å². The first-order valence-electron chi connectivity index (χ1n) is 8.96. The highest BCUT2D eigenvalue weighted by Crippen LogP contribution is 2.48. The van der Waals surface area contributed by atoms with E-state index in [1.807, 2.05) is 35.7 Å². The number of likely N-dealkylation sites (tertiary alicyclic amines) is 1. The number of fused-ring (bicyclic) bond motifs is 1. The average Bonchev–Trinajstić information content (AvgIpc) is 3.22. The largest absolute Gasteiger partial charge is 0.300 e. The SMILES string of the molecule is CC(=O)c1ccsc1[C@H]1CC(=O)C[C@H]2C(=O)N(Cc3ccccc3)C(=O)[C@@H]12. The molecule has 2 aliphatic rings. The minimum absolute atomic E-state index is 0.0214. The number of nitrogens with zero attached hydrogens (tertiary/aromatic N) is 1. The van der Waals surface area contributed by atoms with Crippen molar-refractivity contribution < 1.29 is 19.2 Å². The van der Waals surface area contributed by atoms with E-state index in [0.29, 0.717) is 5.56 Å². The molecular formula is C21H19NO4S. The Morgan fingerprint density at radius 2 is 1.74 bits per heavy atom. The predicted octanol–water partition coefficient (Wildman–Crippen LogP) is 3.20. The molecular weight excluding hydrogens is 362 g/mol. The first-order valence-corrected chi connectivity index (χ1v) is 9.84. The molecule has 0 unspecified atom stereocenters. The quantitative estimate of drug-likeness (QED) is 0.602. The fourth-order valence-corrected chi connectivity index (χ4v) is 5.35. The second kappa shape index (κ2) is 6.85. The topological polar surface area (TPSA) is 71.5 Å². The minimum Gasteiger partial charge on any atom is -0.300 e. The number of rotatable bonds is 4. The van der Waals surface area contributed by atoms with Crippen LogP contribution in [0.3, 0.4) is 0 Å². The maximum Gasteiger partial charge on any atom is 0.234 e. The molecule has 1 aliphatic carbocycles. The summed E-state index contributed by atoms with van der Waals surface area (Å²) in [6.07, 6.45) is 0.317. The monoisotopic (exact) mass is 381 g/mol. The van der Waals surface area contributed by atoms with Crippen molar-refractivity contribution in [2.75, 3.05) is 0 Å². The maximum absolute atomic E-state index is 13.2. The number of hydrogen-bond donors (Lipinski definition) is 0. The molecule has 1 aliphatic heterocycles. The summed E-state index contributed by atoms with van der Waals surface area (Å²) < 4.78 is 0. The summed E-state index contributed by atoms with van der Waals surface area (Å²) in [4.78, 5) is 52.4. The Hall–Kier alpha value is -2.60. The number of carbonyl (C=O) groups is 4. The van der Waals surface area contributed by atoms with Crippen molar-refractivity contribution in [3.05, 3.63) is 57.8 Å². The lowest BCUT2D eigenvalue weighted by Gasteiger charge is -2.29. The fourth-order valence-electron chi connectivity index (χ4n) is 4.26. The molecule has 0 N–H and O–H groups in total. The number of hydrogen-bond acceptors (Lipinski definition) is 5. The van der Waals surface area contributed by atoms with Gasteiger partial charge in [-0.25, -0.2) is 0 Å². The lowest BCUT2D eigenvalue weighted by Crippen LogP contribution is -2.34. The van der Waals surface area contributed by atoms with Crippen LogP contribution in [-0.2, 0) is 20.9 Å². The van der Waals surface area contributed by atoms with Gasteiger partial charge in [0.2, 0.25) is 11.8 Å². The summed E-state index contributed by atoms with van der Waals surface area (Å²) >= 11 is 1.39. The van der Waals surface area contributed by atoms with Crippen molar-refractivity contribution in [1.82, 2.24) is 4.90 Å². The molecule has 0 spiro atoms. The van der Waals surface area contributed by atoms with Gasteiger partial charge in [0, 0.05) is 29.2 Å². The number of carbonyl (C=O) groups excluding carboxylic acids is 4. The summed E-state index contributed by atoms with van der Waals surface area (Å²) in [6.45, 7) is 1.70. The van der Waals surface area contributed by atoms with Crippen molar-refractivity contribution in [3.8, 4) is 0 Å². The highest BCUT2D eigenvalue weighted by atomic mass is 32.1. The van der Waals surface area contributed by atoms with Gasteiger partial charge in [-0.05, 0) is 23.9 Å². The van der Waals surface area contributed by atoms with Crippen molar-refractivity contribution in [2.24, 2.45) is 11.8 Å². The Labute approximate surface area is 161 Å². The van der Waals surface area contributed by atoms with Gasteiger partial charge in [0.25, 0.3) is 0 Å². The Balaban J connectivity index is 1.69. The van der Waals surface area contributed by atoms with Crippen LogP contribution in [0.1, 0.15) is 46.5 Å². The van der Waals surface area contributed by atoms with E-state index in [0.717, 1.165) is 10.4 Å². The molecule has 2 fully saturated rings. The lowest BCUT2D eigenvalue weighted by molar-refractivity contribution is -0.141. The molecule has 6 heteroatoms. The van der Waals surface area contributed by atoms with Crippen LogP contribution in [-0.4, -0.2) is 28.3 Å². The predicted molar refractivity (Wildman–Crippen MR) is 100 cm³/mol. The highest BCUT2D eigenvalue weighted by Gasteiger charge is 2.55. The van der Waals surface area contributed by atoms with Gasteiger partial charge in [0.1, 0.15) is 5.78 Å². The number of ketones is 2. The number of amides is 2. The summed E-state index contributed by atoms with van der Waals surface area (Å²) in [5.41, 5.74) is 1.43. The van der Waals surface area contributed by atoms with Crippen LogP contribution in [0.25, 0.3) is 0 Å². The Bertz CT molecular complexity index is 933. The molecule has 1 saturated heterocycles. The molecule has 1 aromatic carbocycles. The average molecular weight is 381 g/mol. The zero-order chi connectivity index (χ0) is 19.1. The van der Waals surface area contributed by atoms with Gasteiger partial charge in [0.05, 0.1) is 18.4 Å². The molecule has 2 amide bonds. The van der Waals surface area contributed by atoms with E-state index in [1.54, 1.807) is 6.07 Å². The normalized spacial score (nSPS) is 25.0. The van der Waals surface area contributed by atoms with Gasteiger partial charge in [-0.15, -0.1) is 11.3 Å². The molecule has 2 aromatic rings. The zero-order valence-electron chi connectivity index (χ0n) is 14.9. The van der Waals surface area contributed by atoms with Crippen molar-refractivity contribution >= 4 is 34.7 Å². The first-order chi connectivity index (χ1) is 13.0. The standard InChI is InChI=1S/C21H19NO4S/c1-12(23)15-7-8-27-19(15)16-9-14(24)10-17-18(16)21(26)22(20(17)25)11-13-5-3-2-4-6-13/h2-8,16-18H,9-11H2,1H3/t16-,17+,18-/m0/s1. The molecule has 1 saturated carbocycles. The highest BCUT2D eigenvalue weighted by molar-refractivity contribution is 7.10. The molecule has 138 valence electrons. The fraction of sp³-hybridized carbons (Fsp3) is 0.333. The van der Waals surface area contributed by atoms with Gasteiger partial charge < -0.3 is 0 Å². The number of Topliss-reactive ketones (excluding diaryl/α,β-unsaturated/α-hetero) is 2. The molecule has 3 atom stereocenters. The van der Waals surface area contributed by atoms with Crippen LogP contribution in [0.15, 0.2) is 41.8 Å². The Morgan fingerprint density at radius 3 is 2.44 bits per heavy atom.